The van der Waals surface area contributed by atoms with Gasteiger partial charge in [0, 0.05) is 41.1 Å². The van der Waals surface area contributed by atoms with Crippen LogP contribution in [-0.4, -0.2) is 51.5 Å². The highest BCUT2D eigenvalue weighted by molar-refractivity contribution is 5.79. The molecule has 0 bridgehead atoms. The van der Waals surface area contributed by atoms with Crippen LogP contribution in [-0.2, 0) is 0 Å². The summed E-state index contributed by atoms with van der Waals surface area (Å²) in [6, 6.07) is 5.84. The van der Waals surface area contributed by atoms with Crippen LogP contribution >= 0.6 is 0 Å². The molecule has 0 aliphatic heterocycles. The lowest BCUT2D eigenvalue weighted by atomic mass is 9.82. The second-order valence-corrected chi connectivity index (χ2v) is 9.39. The summed E-state index contributed by atoms with van der Waals surface area (Å²) in [5.74, 6) is 0.599. The molecule has 4 heterocycles. The van der Waals surface area contributed by atoms with Crippen LogP contribution < -0.4 is 5.32 Å². The van der Waals surface area contributed by atoms with Crippen molar-refractivity contribution in [2.45, 2.75) is 64.1 Å². The van der Waals surface area contributed by atoms with Crippen molar-refractivity contribution in [1.82, 2.24) is 34.7 Å². The summed E-state index contributed by atoms with van der Waals surface area (Å²) in [4.78, 5) is 9.03. The Balaban J connectivity index is 1.54. The minimum atomic E-state index is -0.802. The predicted octanol–water partition coefficient (Wildman–Crippen LogP) is 3.63. The zero-order valence-electron chi connectivity index (χ0n) is 19.5. The molecule has 0 unspecified atom stereocenters. The van der Waals surface area contributed by atoms with E-state index in [4.69, 9.17) is 5.26 Å². The smallest absolute Gasteiger partial charge is 0.164 e. The highest BCUT2D eigenvalue weighted by Crippen LogP contribution is 2.37. The molecule has 0 aromatic carbocycles. The van der Waals surface area contributed by atoms with E-state index in [0.29, 0.717) is 22.7 Å². The molecule has 1 fully saturated rings. The normalized spacial score (nSPS) is 20.5. The van der Waals surface area contributed by atoms with Gasteiger partial charge in [0.25, 0.3) is 0 Å². The van der Waals surface area contributed by atoms with Crippen LogP contribution in [0.15, 0.2) is 36.9 Å². The van der Waals surface area contributed by atoms with Gasteiger partial charge in [-0.05, 0) is 39.7 Å². The quantitative estimate of drug-likeness (QED) is 0.464. The molecule has 1 saturated carbocycles. The minimum Gasteiger partial charge on any atom is -0.388 e. The van der Waals surface area contributed by atoms with Gasteiger partial charge in [-0.3, -0.25) is 0 Å². The lowest BCUT2D eigenvalue weighted by Crippen LogP contribution is -2.39. The maximum Gasteiger partial charge on any atom is 0.164 e. The van der Waals surface area contributed by atoms with Crippen LogP contribution in [0.5, 0.6) is 0 Å². The van der Waals surface area contributed by atoms with Crippen LogP contribution in [0.1, 0.15) is 58.1 Å². The summed E-state index contributed by atoms with van der Waals surface area (Å²) in [7, 11) is 0. The maximum atomic E-state index is 10.9. The maximum absolute atomic E-state index is 10.9. The Kier molecular flexibility index (Phi) is 5.49. The Bertz CT molecular complexity index is 1380. The second kappa shape index (κ2) is 8.50. The molecular weight excluding hydrogens is 430 g/mol. The van der Waals surface area contributed by atoms with Crippen molar-refractivity contribution >= 4 is 16.7 Å². The van der Waals surface area contributed by atoms with Gasteiger partial charge in [-0.1, -0.05) is 18.1 Å². The highest BCUT2D eigenvalue weighted by atomic mass is 16.3. The average molecular weight is 458 g/mol. The number of fused-ring (bicyclic) bond motifs is 1. The summed E-state index contributed by atoms with van der Waals surface area (Å²) in [6.07, 6.45) is 10.6. The van der Waals surface area contributed by atoms with Gasteiger partial charge < -0.3 is 10.4 Å². The third-order valence-corrected chi connectivity index (χ3v) is 6.32. The van der Waals surface area contributed by atoms with Gasteiger partial charge in [0.15, 0.2) is 11.5 Å². The highest BCUT2D eigenvalue weighted by Gasteiger charge is 2.36. The number of hydrogen-bond donors (Lipinski definition) is 2. The SMILES string of the molecule is CC(C)Nc1cc(-n2ncc3cc(C#N)cnc32)ncc1-c1cn([C@@H]2CCCC[C@@]2(C)O)nn1. The fourth-order valence-corrected chi connectivity index (χ4v) is 4.61. The first-order valence-corrected chi connectivity index (χ1v) is 11.5. The summed E-state index contributed by atoms with van der Waals surface area (Å²) in [5, 5.41) is 37.4. The van der Waals surface area contributed by atoms with Gasteiger partial charge in [-0.25, -0.2) is 14.6 Å². The number of nitrogens with zero attached hydrogens (tertiary/aromatic N) is 8. The molecule has 1 aliphatic carbocycles. The van der Waals surface area contributed by atoms with E-state index in [0.717, 1.165) is 42.3 Å². The fourth-order valence-electron chi connectivity index (χ4n) is 4.61. The number of rotatable bonds is 5. The topological polar surface area (TPSA) is 130 Å². The number of nitriles is 1. The molecule has 10 heteroatoms. The van der Waals surface area contributed by atoms with Crippen molar-refractivity contribution < 1.29 is 5.11 Å². The number of anilines is 1. The first kappa shape index (κ1) is 22.0. The van der Waals surface area contributed by atoms with Crippen molar-refractivity contribution in [3.63, 3.8) is 0 Å². The van der Waals surface area contributed by atoms with Gasteiger partial charge in [0.05, 0.1) is 29.6 Å². The molecule has 5 rings (SSSR count). The molecule has 174 valence electrons. The molecule has 4 aromatic rings. The Labute approximate surface area is 197 Å². The molecular formula is C24H27N9O. The fraction of sp³-hybridized carbons (Fsp3) is 0.417. The van der Waals surface area contributed by atoms with Gasteiger partial charge in [-0.15, -0.1) is 5.10 Å². The number of hydrogen-bond acceptors (Lipinski definition) is 8. The lowest BCUT2D eigenvalue weighted by Gasteiger charge is -2.36. The van der Waals surface area contributed by atoms with E-state index in [1.165, 1.54) is 6.20 Å². The van der Waals surface area contributed by atoms with E-state index in [1.807, 2.05) is 19.2 Å². The van der Waals surface area contributed by atoms with E-state index < -0.39 is 5.60 Å². The third kappa shape index (κ3) is 3.99. The number of aromatic nitrogens is 7. The number of pyridine rings is 2. The Hall–Kier alpha value is -3.84. The third-order valence-electron chi connectivity index (χ3n) is 6.32. The van der Waals surface area contributed by atoms with Gasteiger partial charge >= 0.3 is 0 Å². The summed E-state index contributed by atoms with van der Waals surface area (Å²) in [6.45, 7) is 6.00. The van der Waals surface area contributed by atoms with Crippen molar-refractivity contribution in [3.05, 3.63) is 42.5 Å². The molecule has 2 N–H and O–H groups in total. The van der Waals surface area contributed by atoms with Gasteiger partial charge in [0.1, 0.15) is 11.8 Å². The molecule has 4 aromatic heterocycles. The van der Waals surface area contributed by atoms with Crippen molar-refractivity contribution in [3.8, 4) is 23.1 Å². The van der Waals surface area contributed by atoms with Crippen molar-refractivity contribution in [2.75, 3.05) is 5.32 Å². The molecule has 0 amide bonds. The number of aliphatic hydroxyl groups is 1. The molecule has 34 heavy (non-hydrogen) atoms. The van der Waals surface area contributed by atoms with Crippen LogP contribution in [0.2, 0.25) is 0 Å². The second-order valence-electron chi connectivity index (χ2n) is 9.39. The van der Waals surface area contributed by atoms with E-state index in [9.17, 15) is 5.11 Å². The molecule has 10 nitrogen and oxygen atoms in total. The van der Waals surface area contributed by atoms with Crippen molar-refractivity contribution in [1.29, 1.82) is 5.26 Å². The monoisotopic (exact) mass is 457 g/mol. The first-order valence-electron chi connectivity index (χ1n) is 11.5. The Morgan fingerprint density at radius 2 is 2.06 bits per heavy atom. The zero-order valence-corrected chi connectivity index (χ0v) is 19.5. The molecule has 0 saturated heterocycles. The molecule has 0 spiro atoms. The Morgan fingerprint density at radius 3 is 2.82 bits per heavy atom. The predicted molar refractivity (Wildman–Crippen MR) is 127 cm³/mol. The van der Waals surface area contributed by atoms with Gasteiger partial charge in [-0.2, -0.15) is 15.0 Å². The summed E-state index contributed by atoms with van der Waals surface area (Å²) in [5.41, 5.74) is 2.66. The minimum absolute atomic E-state index is 0.101. The Morgan fingerprint density at radius 1 is 1.21 bits per heavy atom. The lowest BCUT2D eigenvalue weighted by molar-refractivity contribution is -0.0298. The van der Waals surface area contributed by atoms with E-state index >= 15 is 0 Å². The first-order chi connectivity index (χ1) is 16.4. The van der Waals surface area contributed by atoms with Gasteiger partial charge in [0.2, 0.25) is 0 Å². The van der Waals surface area contributed by atoms with E-state index in [1.54, 1.807) is 27.8 Å². The van der Waals surface area contributed by atoms with E-state index in [2.05, 4.69) is 50.6 Å². The molecule has 0 radical (unpaired) electrons. The van der Waals surface area contributed by atoms with Crippen LogP contribution in [0.25, 0.3) is 28.1 Å². The van der Waals surface area contributed by atoms with Crippen molar-refractivity contribution in [2.24, 2.45) is 0 Å². The number of nitrogens with one attached hydrogen (secondary N) is 1. The molecule has 1 aliphatic rings. The zero-order chi connectivity index (χ0) is 23.9. The average Bonchev–Trinajstić information content (AvgIpc) is 3.45. The van der Waals surface area contributed by atoms with Crippen LogP contribution in [0.3, 0.4) is 0 Å². The largest absolute Gasteiger partial charge is 0.388 e. The van der Waals surface area contributed by atoms with E-state index in [-0.39, 0.29) is 12.1 Å². The summed E-state index contributed by atoms with van der Waals surface area (Å²) < 4.78 is 3.45. The van der Waals surface area contributed by atoms with Crippen LogP contribution in [0, 0.1) is 11.3 Å². The standard InChI is InChI=1S/C24H27N9O/c1-15(2)29-19-9-22(33-23-17(12-28-33)8-16(10-25)11-27-23)26-13-18(19)20-14-32(31-30-20)21-6-4-5-7-24(21,3)34/h8-9,11-15,21,34H,4-7H2,1-3H3,(H,26,29)/t21-,24-/m1/s1. The molecule has 2 atom stereocenters. The van der Waals surface area contributed by atoms with Crippen LogP contribution in [0.4, 0.5) is 5.69 Å². The summed E-state index contributed by atoms with van der Waals surface area (Å²) >= 11 is 0.